The van der Waals surface area contributed by atoms with Gasteiger partial charge in [0.2, 0.25) is 12.3 Å². The molecule has 7 heteroatoms. The van der Waals surface area contributed by atoms with Crippen LogP contribution in [0.1, 0.15) is 59.9 Å². The Bertz CT molecular complexity index is 818. The summed E-state index contributed by atoms with van der Waals surface area (Å²) in [6.07, 6.45) is 6.42. The van der Waals surface area contributed by atoms with Crippen LogP contribution in [0.15, 0.2) is 29.1 Å². The molecule has 26 heavy (non-hydrogen) atoms. The second-order valence-electron chi connectivity index (χ2n) is 6.95. The monoisotopic (exact) mass is 354 g/mol. The first kappa shape index (κ1) is 16.8. The van der Waals surface area contributed by atoms with Crippen molar-refractivity contribution in [1.29, 1.82) is 0 Å². The van der Waals surface area contributed by atoms with Crippen molar-refractivity contribution in [3.05, 3.63) is 41.5 Å². The van der Waals surface area contributed by atoms with E-state index in [1.165, 1.54) is 6.39 Å². The highest BCUT2D eigenvalue weighted by molar-refractivity contribution is 5.99. The van der Waals surface area contributed by atoms with E-state index >= 15 is 0 Å². The number of nitrogens with zero attached hydrogens (tertiary/aromatic N) is 4. The molecule has 7 nitrogen and oxygen atoms in total. The lowest BCUT2D eigenvalue weighted by molar-refractivity contribution is -0.118. The molecule has 136 valence electrons. The summed E-state index contributed by atoms with van der Waals surface area (Å²) in [4.78, 5) is 32.8. The zero-order valence-electron chi connectivity index (χ0n) is 14.9. The lowest BCUT2D eigenvalue weighted by Gasteiger charge is -2.29. The maximum atomic E-state index is 13.2. The molecular formula is C19H22N4O3. The van der Waals surface area contributed by atoms with Gasteiger partial charge in [-0.05, 0) is 43.0 Å². The van der Waals surface area contributed by atoms with Crippen molar-refractivity contribution < 1.29 is 14.1 Å². The van der Waals surface area contributed by atoms with E-state index in [0.717, 1.165) is 36.9 Å². The average molecular weight is 354 g/mol. The predicted molar refractivity (Wildman–Crippen MR) is 94.7 cm³/mol. The van der Waals surface area contributed by atoms with Crippen LogP contribution in [0, 0.1) is 0 Å². The van der Waals surface area contributed by atoms with E-state index in [1.807, 2.05) is 23.1 Å². The van der Waals surface area contributed by atoms with Crippen molar-refractivity contribution in [2.45, 2.75) is 44.6 Å². The summed E-state index contributed by atoms with van der Waals surface area (Å²) in [5.74, 6) is 0.675. The van der Waals surface area contributed by atoms with Crippen molar-refractivity contribution in [1.82, 2.24) is 15.0 Å². The molecule has 3 heterocycles. The van der Waals surface area contributed by atoms with Gasteiger partial charge in [0, 0.05) is 31.3 Å². The van der Waals surface area contributed by atoms with Gasteiger partial charge in [-0.1, -0.05) is 18.0 Å². The number of carbonyl (C=O) groups is 2. The van der Waals surface area contributed by atoms with Crippen molar-refractivity contribution in [3.8, 4) is 0 Å². The molecule has 0 N–H and O–H groups in total. The van der Waals surface area contributed by atoms with E-state index < -0.39 is 0 Å². The van der Waals surface area contributed by atoms with Crippen LogP contribution >= 0.6 is 0 Å². The summed E-state index contributed by atoms with van der Waals surface area (Å²) in [7, 11) is 1.78. The van der Waals surface area contributed by atoms with E-state index in [2.05, 4.69) is 10.1 Å². The van der Waals surface area contributed by atoms with Crippen molar-refractivity contribution in [2.75, 3.05) is 18.5 Å². The molecule has 2 aliphatic heterocycles. The van der Waals surface area contributed by atoms with Crippen LogP contribution in [0.25, 0.3) is 0 Å². The van der Waals surface area contributed by atoms with Gasteiger partial charge >= 0.3 is 0 Å². The van der Waals surface area contributed by atoms with Crippen molar-refractivity contribution >= 4 is 17.5 Å². The van der Waals surface area contributed by atoms with Gasteiger partial charge in [-0.3, -0.25) is 9.59 Å². The number of benzene rings is 1. The molecule has 0 spiro atoms. The molecule has 1 aromatic heterocycles. The minimum atomic E-state index is -0.149. The molecular weight excluding hydrogens is 332 g/mol. The third kappa shape index (κ3) is 2.98. The molecule has 4 rings (SSSR count). The second-order valence-corrected chi connectivity index (χ2v) is 6.95. The van der Waals surface area contributed by atoms with Crippen LogP contribution in [0.5, 0.6) is 0 Å². The van der Waals surface area contributed by atoms with E-state index in [-0.39, 0.29) is 17.9 Å². The number of aromatic nitrogens is 2. The minimum Gasteiger partial charge on any atom is -0.343 e. The first-order valence-electron chi connectivity index (χ1n) is 9.12. The quantitative estimate of drug-likeness (QED) is 0.828. The van der Waals surface area contributed by atoms with E-state index in [1.54, 1.807) is 11.9 Å². The van der Waals surface area contributed by atoms with E-state index in [4.69, 9.17) is 4.52 Å². The molecule has 1 atom stereocenters. The Kier molecular flexibility index (Phi) is 4.44. The number of anilines is 1. The zero-order chi connectivity index (χ0) is 18.1. The fourth-order valence-corrected chi connectivity index (χ4v) is 3.90. The fourth-order valence-electron chi connectivity index (χ4n) is 3.90. The first-order valence-corrected chi connectivity index (χ1v) is 9.12. The lowest BCUT2D eigenvalue weighted by atomic mass is 9.98. The van der Waals surface area contributed by atoms with Gasteiger partial charge in [0.05, 0.1) is 6.04 Å². The Balaban J connectivity index is 1.64. The molecule has 0 aliphatic carbocycles. The van der Waals surface area contributed by atoms with Crippen LogP contribution in [0.4, 0.5) is 5.69 Å². The number of fused-ring (bicyclic) bond motifs is 1. The summed E-state index contributed by atoms with van der Waals surface area (Å²) in [5.41, 5.74) is 2.59. The third-order valence-electron chi connectivity index (χ3n) is 5.36. The molecule has 1 saturated heterocycles. The Morgan fingerprint density at radius 1 is 1.23 bits per heavy atom. The summed E-state index contributed by atoms with van der Waals surface area (Å²) in [6.45, 7) is 0.688. The highest BCUT2D eigenvalue weighted by Gasteiger charge is 2.31. The number of hydrogen-bond donors (Lipinski definition) is 0. The number of amides is 2. The fraction of sp³-hybridized carbons (Fsp3) is 0.474. The standard InChI is InChI=1S/C19H22N4O3/c1-22-15-8-6-14(11-13(15)7-9-17(22)24)19(25)23-10-4-2-3-5-16(23)18-20-12-26-21-18/h6,8,11-12,16H,2-5,7,9-10H2,1H3. The van der Waals surface area contributed by atoms with Gasteiger partial charge < -0.3 is 14.3 Å². The van der Waals surface area contributed by atoms with Crippen LogP contribution in [-0.2, 0) is 11.2 Å². The normalized spacial score (nSPS) is 20.7. The summed E-state index contributed by atoms with van der Waals surface area (Å²) in [6, 6.07) is 5.47. The number of rotatable bonds is 2. The topological polar surface area (TPSA) is 79.5 Å². The minimum absolute atomic E-state index is 0.0101. The first-order chi connectivity index (χ1) is 12.6. The van der Waals surface area contributed by atoms with Crippen LogP contribution < -0.4 is 4.90 Å². The van der Waals surface area contributed by atoms with Crippen LogP contribution in [-0.4, -0.2) is 40.4 Å². The Labute approximate surface area is 152 Å². The maximum absolute atomic E-state index is 13.2. The summed E-state index contributed by atoms with van der Waals surface area (Å²) < 4.78 is 4.90. The lowest BCUT2D eigenvalue weighted by Crippen LogP contribution is -2.36. The molecule has 1 fully saturated rings. The van der Waals surface area contributed by atoms with Gasteiger partial charge in [-0.2, -0.15) is 4.98 Å². The molecule has 0 radical (unpaired) electrons. The Morgan fingerprint density at radius 3 is 2.92 bits per heavy atom. The molecule has 2 aliphatic rings. The summed E-state index contributed by atoms with van der Waals surface area (Å²) >= 11 is 0. The van der Waals surface area contributed by atoms with Crippen LogP contribution in [0.2, 0.25) is 0 Å². The smallest absolute Gasteiger partial charge is 0.254 e. The van der Waals surface area contributed by atoms with Crippen LogP contribution in [0.3, 0.4) is 0 Å². The van der Waals surface area contributed by atoms with E-state index in [9.17, 15) is 9.59 Å². The van der Waals surface area contributed by atoms with Crippen molar-refractivity contribution in [2.24, 2.45) is 0 Å². The number of carbonyl (C=O) groups excluding carboxylic acids is 2. The Morgan fingerprint density at radius 2 is 2.12 bits per heavy atom. The number of likely N-dealkylation sites (tertiary alicyclic amines) is 1. The molecule has 0 bridgehead atoms. The summed E-state index contributed by atoms with van der Waals surface area (Å²) in [5, 5.41) is 3.97. The van der Waals surface area contributed by atoms with Gasteiger partial charge in [0.25, 0.3) is 5.91 Å². The molecule has 2 amide bonds. The Hall–Kier alpha value is -2.70. The molecule has 1 aromatic carbocycles. The second kappa shape index (κ2) is 6.90. The van der Waals surface area contributed by atoms with E-state index in [0.29, 0.717) is 30.8 Å². The third-order valence-corrected chi connectivity index (χ3v) is 5.36. The van der Waals surface area contributed by atoms with Gasteiger partial charge in [0.1, 0.15) is 0 Å². The maximum Gasteiger partial charge on any atom is 0.254 e. The number of hydrogen-bond acceptors (Lipinski definition) is 5. The SMILES string of the molecule is CN1C(=O)CCc2cc(C(=O)N3CCCCCC3c3ncon3)ccc21. The zero-order valence-corrected chi connectivity index (χ0v) is 14.9. The highest BCUT2D eigenvalue weighted by atomic mass is 16.5. The predicted octanol–water partition coefficient (Wildman–Crippen LogP) is 2.74. The van der Waals surface area contributed by atoms with Gasteiger partial charge in [-0.25, -0.2) is 0 Å². The highest BCUT2D eigenvalue weighted by Crippen LogP contribution is 2.32. The average Bonchev–Trinajstić information content (AvgIpc) is 3.08. The molecule has 1 unspecified atom stereocenters. The van der Waals surface area contributed by atoms with Crippen molar-refractivity contribution in [3.63, 3.8) is 0 Å². The van der Waals surface area contributed by atoms with Gasteiger partial charge in [0.15, 0.2) is 5.82 Å². The number of aryl methyl sites for hydroxylation is 1. The molecule has 2 aromatic rings. The largest absolute Gasteiger partial charge is 0.343 e. The molecule has 0 saturated carbocycles. The van der Waals surface area contributed by atoms with Gasteiger partial charge in [-0.15, -0.1) is 0 Å².